The van der Waals surface area contributed by atoms with Crippen LogP contribution in [0.4, 0.5) is 10.5 Å². The van der Waals surface area contributed by atoms with Crippen molar-refractivity contribution in [1.29, 1.82) is 0 Å². The third-order valence-electron chi connectivity index (χ3n) is 4.63. The number of rotatable bonds is 9. The number of nitrogens with zero attached hydrogens (tertiary/aromatic N) is 1. The van der Waals surface area contributed by atoms with E-state index in [0.29, 0.717) is 18.0 Å². The van der Waals surface area contributed by atoms with Gasteiger partial charge in [-0.15, -0.1) is 0 Å². The van der Waals surface area contributed by atoms with Gasteiger partial charge in [-0.1, -0.05) is 45.2 Å². The molecule has 0 radical (unpaired) electrons. The lowest BCUT2D eigenvalue weighted by Gasteiger charge is -2.30. The van der Waals surface area contributed by atoms with E-state index in [1.165, 1.54) is 19.3 Å². The van der Waals surface area contributed by atoms with E-state index in [4.69, 9.17) is 9.47 Å². The van der Waals surface area contributed by atoms with Crippen LogP contribution in [0.2, 0.25) is 0 Å². The fourth-order valence-electron chi connectivity index (χ4n) is 3.04. The number of unbranched alkanes of at least 4 members (excludes halogenated alkanes) is 3. The first kappa shape index (κ1) is 19.6. The van der Waals surface area contributed by atoms with Crippen molar-refractivity contribution in [3.63, 3.8) is 0 Å². The van der Waals surface area contributed by atoms with Crippen molar-refractivity contribution >= 4 is 11.8 Å². The minimum Gasteiger partial charge on any atom is -0.491 e. The lowest BCUT2D eigenvalue weighted by Crippen LogP contribution is -2.38. The van der Waals surface area contributed by atoms with Crippen LogP contribution in [-0.2, 0) is 4.74 Å². The Kier molecular flexibility index (Phi) is 8.60. The fourth-order valence-corrected chi connectivity index (χ4v) is 3.04. The summed E-state index contributed by atoms with van der Waals surface area (Å²) >= 11 is 0. The number of benzene rings is 1. The third-order valence-corrected chi connectivity index (χ3v) is 4.63. The lowest BCUT2D eigenvalue weighted by molar-refractivity contribution is 0.0605. The second-order valence-electron chi connectivity index (χ2n) is 6.57. The second kappa shape index (κ2) is 11.0. The van der Waals surface area contributed by atoms with Gasteiger partial charge < -0.3 is 14.4 Å². The van der Waals surface area contributed by atoms with Gasteiger partial charge in [0.25, 0.3) is 0 Å². The van der Waals surface area contributed by atoms with Gasteiger partial charge >= 0.3 is 6.09 Å². The molecule has 1 saturated heterocycles. The molecular weight excluding hydrogens is 316 g/mol. The van der Waals surface area contributed by atoms with Crippen LogP contribution in [0.1, 0.15) is 52.4 Å². The molecule has 0 aliphatic carbocycles. The maximum atomic E-state index is 12.2. The van der Waals surface area contributed by atoms with Crippen molar-refractivity contribution in [3.05, 3.63) is 24.3 Å². The molecule has 5 heteroatoms. The van der Waals surface area contributed by atoms with E-state index in [-0.39, 0.29) is 6.10 Å². The van der Waals surface area contributed by atoms with Crippen molar-refractivity contribution < 1.29 is 14.3 Å². The number of likely N-dealkylation sites (tertiary alicyclic amines) is 1. The first-order valence-electron chi connectivity index (χ1n) is 9.64. The van der Waals surface area contributed by atoms with Crippen LogP contribution >= 0.6 is 0 Å². The number of piperidine rings is 1. The molecule has 1 aliphatic heterocycles. The summed E-state index contributed by atoms with van der Waals surface area (Å²) in [6, 6.07) is 7.54. The Morgan fingerprint density at radius 2 is 1.92 bits per heavy atom. The topological polar surface area (TPSA) is 50.8 Å². The van der Waals surface area contributed by atoms with Crippen molar-refractivity contribution in [1.82, 2.24) is 4.90 Å². The molecule has 1 amide bonds. The smallest absolute Gasteiger partial charge is 0.412 e. The van der Waals surface area contributed by atoms with Crippen molar-refractivity contribution in [2.24, 2.45) is 0 Å². The first-order valence-corrected chi connectivity index (χ1v) is 9.64. The molecule has 1 heterocycles. The number of ether oxygens (including phenoxy) is 2. The van der Waals surface area contributed by atoms with Gasteiger partial charge in [-0.25, -0.2) is 4.79 Å². The van der Waals surface area contributed by atoms with Gasteiger partial charge in [0.2, 0.25) is 0 Å². The van der Waals surface area contributed by atoms with E-state index in [0.717, 1.165) is 38.9 Å². The zero-order valence-corrected chi connectivity index (χ0v) is 15.6. The average molecular weight is 348 g/mol. The summed E-state index contributed by atoms with van der Waals surface area (Å²) in [4.78, 5) is 14.6. The second-order valence-corrected chi connectivity index (χ2v) is 6.57. The standard InChI is InChI=1S/C20H32N2O3/c1-3-5-6-9-16-24-19-11-8-7-10-18(19)21-20(23)25-17-12-14-22(4-2)15-13-17/h7-8,10-11,17H,3-6,9,12-16H2,1-2H3,(H,21,23). The van der Waals surface area contributed by atoms with Gasteiger partial charge in [0.05, 0.1) is 12.3 Å². The van der Waals surface area contributed by atoms with Crippen LogP contribution in [-0.4, -0.2) is 43.3 Å². The molecule has 1 aromatic carbocycles. The summed E-state index contributed by atoms with van der Waals surface area (Å²) in [5.41, 5.74) is 0.675. The number of carbonyl (C=O) groups excluding carboxylic acids is 1. The molecule has 1 N–H and O–H groups in total. The molecule has 0 unspecified atom stereocenters. The molecule has 0 atom stereocenters. The van der Waals surface area contributed by atoms with Gasteiger partial charge in [0, 0.05) is 13.1 Å². The molecule has 2 rings (SSSR count). The Balaban J connectivity index is 1.78. The highest BCUT2D eigenvalue weighted by molar-refractivity contribution is 5.86. The maximum Gasteiger partial charge on any atom is 0.412 e. The Hall–Kier alpha value is -1.75. The first-order chi connectivity index (χ1) is 12.2. The zero-order valence-electron chi connectivity index (χ0n) is 15.6. The molecule has 1 aliphatic rings. The maximum absolute atomic E-state index is 12.2. The van der Waals surface area contributed by atoms with E-state index < -0.39 is 6.09 Å². The summed E-state index contributed by atoms with van der Waals surface area (Å²) in [6.07, 6.45) is 6.05. The lowest BCUT2D eigenvalue weighted by atomic mass is 10.1. The summed E-state index contributed by atoms with van der Waals surface area (Å²) in [5.74, 6) is 0.705. The fraction of sp³-hybridized carbons (Fsp3) is 0.650. The van der Waals surface area contributed by atoms with E-state index >= 15 is 0 Å². The number of carbonyl (C=O) groups is 1. The zero-order chi connectivity index (χ0) is 17.9. The van der Waals surface area contributed by atoms with Crippen LogP contribution < -0.4 is 10.1 Å². The Labute approximate surface area is 151 Å². The van der Waals surface area contributed by atoms with Crippen LogP contribution in [0.5, 0.6) is 5.75 Å². The predicted molar refractivity (Wildman–Crippen MR) is 101 cm³/mol. The van der Waals surface area contributed by atoms with Gasteiger partial charge in [-0.2, -0.15) is 0 Å². The minimum atomic E-state index is -0.392. The Morgan fingerprint density at radius 3 is 2.64 bits per heavy atom. The summed E-state index contributed by atoms with van der Waals surface area (Å²) in [5, 5.41) is 2.84. The quantitative estimate of drug-likeness (QED) is 0.658. The Morgan fingerprint density at radius 1 is 1.16 bits per heavy atom. The van der Waals surface area contributed by atoms with Crippen molar-refractivity contribution in [2.45, 2.75) is 58.5 Å². The predicted octanol–water partition coefficient (Wildman–Crippen LogP) is 4.68. The molecule has 25 heavy (non-hydrogen) atoms. The normalized spacial score (nSPS) is 15.8. The molecule has 0 spiro atoms. The molecule has 0 aromatic heterocycles. The van der Waals surface area contributed by atoms with Gasteiger partial charge in [0.1, 0.15) is 11.9 Å². The highest BCUT2D eigenvalue weighted by Crippen LogP contribution is 2.25. The monoisotopic (exact) mass is 348 g/mol. The van der Waals surface area contributed by atoms with Gasteiger partial charge in [0.15, 0.2) is 0 Å². The number of hydrogen-bond acceptors (Lipinski definition) is 4. The van der Waals surface area contributed by atoms with Crippen molar-refractivity contribution in [2.75, 3.05) is 31.6 Å². The van der Waals surface area contributed by atoms with Gasteiger partial charge in [-0.05, 0) is 37.9 Å². The van der Waals surface area contributed by atoms with E-state index in [9.17, 15) is 4.79 Å². The molecule has 5 nitrogen and oxygen atoms in total. The average Bonchev–Trinajstić information content (AvgIpc) is 2.63. The highest BCUT2D eigenvalue weighted by atomic mass is 16.6. The molecule has 1 aromatic rings. The highest BCUT2D eigenvalue weighted by Gasteiger charge is 2.21. The van der Waals surface area contributed by atoms with E-state index in [1.807, 2.05) is 24.3 Å². The van der Waals surface area contributed by atoms with Crippen LogP contribution in [0.15, 0.2) is 24.3 Å². The van der Waals surface area contributed by atoms with Gasteiger partial charge in [-0.3, -0.25) is 5.32 Å². The Bertz CT molecular complexity index is 513. The van der Waals surface area contributed by atoms with E-state index in [2.05, 4.69) is 24.1 Å². The molecule has 0 saturated carbocycles. The molecule has 0 bridgehead atoms. The van der Waals surface area contributed by atoms with E-state index in [1.54, 1.807) is 0 Å². The minimum absolute atomic E-state index is 0.00456. The SMILES string of the molecule is CCCCCCOc1ccccc1NC(=O)OC1CCN(CC)CC1. The van der Waals surface area contributed by atoms with Crippen LogP contribution in [0.25, 0.3) is 0 Å². The van der Waals surface area contributed by atoms with Crippen molar-refractivity contribution in [3.8, 4) is 5.75 Å². The molecule has 1 fully saturated rings. The number of para-hydroxylation sites is 2. The number of hydrogen-bond donors (Lipinski definition) is 1. The largest absolute Gasteiger partial charge is 0.491 e. The summed E-state index contributed by atoms with van der Waals surface area (Å²) < 4.78 is 11.4. The number of amides is 1. The number of anilines is 1. The molecular formula is C20H32N2O3. The summed E-state index contributed by atoms with van der Waals surface area (Å²) in [7, 11) is 0. The summed E-state index contributed by atoms with van der Waals surface area (Å²) in [6.45, 7) is 8.06. The number of nitrogens with one attached hydrogen (secondary N) is 1. The van der Waals surface area contributed by atoms with Crippen LogP contribution in [0, 0.1) is 0 Å². The molecule has 140 valence electrons. The van der Waals surface area contributed by atoms with Crippen LogP contribution in [0.3, 0.4) is 0 Å². The third kappa shape index (κ3) is 6.94.